The van der Waals surface area contributed by atoms with Gasteiger partial charge in [0.15, 0.2) is 5.78 Å². The minimum absolute atomic E-state index is 0.0239. The number of hydrogen-bond acceptors (Lipinski definition) is 3. The van der Waals surface area contributed by atoms with Crippen LogP contribution in [-0.2, 0) is 13.0 Å². The summed E-state index contributed by atoms with van der Waals surface area (Å²) in [6.07, 6.45) is 2.78. The normalized spacial score (nSPS) is 10.6. The number of aryl methyl sites for hydroxylation is 1. The van der Waals surface area contributed by atoms with E-state index in [1.54, 1.807) is 16.8 Å². The minimum Gasteiger partial charge on any atom is -0.292 e. The zero-order chi connectivity index (χ0) is 13.0. The Morgan fingerprint density at radius 2 is 2.06 bits per heavy atom. The van der Waals surface area contributed by atoms with Crippen molar-refractivity contribution in [3.8, 4) is 0 Å². The van der Waals surface area contributed by atoms with E-state index in [1.807, 2.05) is 19.1 Å². The molecule has 2 rings (SSSR count). The standard InChI is InChI=1S/C13H14ClN3O/c1-2-7-17-12(9-15-16-17)13(18)8-10-3-5-11(14)6-4-10/h3-6,9H,2,7-8H2,1H3. The van der Waals surface area contributed by atoms with Crippen LogP contribution in [0.4, 0.5) is 0 Å². The first kappa shape index (κ1) is 12.8. The quantitative estimate of drug-likeness (QED) is 0.780. The van der Waals surface area contributed by atoms with Crippen molar-refractivity contribution < 1.29 is 4.79 Å². The summed E-state index contributed by atoms with van der Waals surface area (Å²) in [7, 11) is 0. The van der Waals surface area contributed by atoms with Gasteiger partial charge in [0.05, 0.1) is 6.20 Å². The van der Waals surface area contributed by atoms with Crippen molar-refractivity contribution in [1.29, 1.82) is 0 Å². The molecule has 1 aromatic heterocycles. The van der Waals surface area contributed by atoms with E-state index < -0.39 is 0 Å². The van der Waals surface area contributed by atoms with Crippen molar-refractivity contribution in [2.24, 2.45) is 0 Å². The molecule has 0 bridgehead atoms. The number of aromatic nitrogens is 3. The molecule has 0 spiro atoms. The number of nitrogens with zero attached hydrogens (tertiary/aromatic N) is 3. The molecule has 0 aliphatic heterocycles. The maximum atomic E-state index is 12.1. The fourth-order valence-corrected chi connectivity index (χ4v) is 1.85. The molecule has 0 aliphatic rings. The maximum Gasteiger partial charge on any atom is 0.186 e. The monoisotopic (exact) mass is 263 g/mol. The molecular weight excluding hydrogens is 250 g/mol. The summed E-state index contributed by atoms with van der Waals surface area (Å²) < 4.78 is 1.65. The second-order valence-electron chi connectivity index (χ2n) is 4.07. The van der Waals surface area contributed by atoms with Crippen molar-refractivity contribution in [1.82, 2.24) is 15.0 Å². The SMILES string of the molecule is CCCn1nncc1C(=O)Cc1ccc(Cl)cc1. The summed E-state index contributed by atoms with van der Waals surface area (Å²) in [4.78, 5) is 12.1. The van der Waals surface area contributed by atoms with Crippen LogP contribution in [0.25, 0.3) is 0 Å². The minimum atomic E-state index is 0.0239. The van der Waals surface area contributed by atoms with Gasteiger partial charge in [-0.25, -0.2) is 4.68 Å². The van der Waals surface area contributed by atoms with Crippen molar-refractivity contribution >= 4 is 17.4 Å². The Labute approximate surface area is 111 Å². The Kier molecular flexibility index (Phi) is 4.10. The molecule has 0 aliphatic carbocycles. The van der Waals surface area contributed by atoms with Crippen LogP contribution in [0.5, 0.6) is 0 Å². The number of ketones is 1. The van der Waals surface area contributed by atoms with E-state index in [2.05, 4.69) is 10.3 Å². The third-order valence-corrected chi connectivity index (χ3v) is 2.87. The highest BCUT2D eigenvalue weighted by Crippen LogP contribution is 2.12. The van der Waals surface area contributed by atoms with Crippen LogP contribution in [-0.4, -0.2) is 20.8 Å². The molecule has 0 saturated heterocycles. The Bertz CT molecular complexity index is 533. The highest BCUT2D eigenvalue weighted by Gasteiger charge is 2.13. The fraction of sp³-hybridized carbons (Fsp3) is 0.308. The van der Waals surface area contributed by atoms with Gasteiger partial charge in [-0.2, -0.15) is 0 Å². The second-order valence-corrected chi connectivity index (χ2v) is 4.51. The van der Waals surface area contributed by atoms with Crippen LogP contribution < -0.4 is 0 Å². The molecule has 4 nitrogen and oxygen atoms in total. The smallest absolute Gasteiger partial charge is 0.186 e. The molecule has 0 unspecified atom stereocenters. The highest BCUT2D eigenvalue weighted by atomic mass is 35.5. The predicted molar refractivity (Wildman–Crippen MR) is 69.8 cm³/mol. The van der Waals surface area contributed by atoms with Gasteiger partial charge < -0.3 is 0 Å². The molecule has 1 aromatic carbocycles. The number of rotatable bonds is 5. The third kappa shape index (κ3) is 2.96. The van der Waals surface area contributed by atoms with Crippen molar-refractivity contribution in [3.63, 3.8) is 0 Å². The van der Waals surface area contributed by atoms with Crippen molar-refractivity contribution in [2.75, 3.05) is 0 Å². The number of hydrogen-bond donors (Lipinski definition) is 0. The lowest BCUT2D eigenvalue weighted by atomic mass is 10.1. The van der Waals surface area contributed by atoms with Gasteiger partial charge in [0.2, 0.25) is 0 Å². The van der Waals surface area contributed by atoms with Crippen LogP contribution in [0.1, 0.15) is 29.4 Å². The van der Waals surface area contributed by atoms with E-state index in [-0.39, 0.29) is 5.78 Å². The molecule has 94 valence electrons. The summed E-state index contributed by atoms with van der Waals surface area (Å²) >= 11 is 5.81. The zero-order valence-corrected chi connectivity index (χ0v) is 10.9. The van der Waals surface area contributed by atoms with Crippen LogP contribution >= 0.6 is 11.6 Å². The molecular formula is C13H14ClN3O. The lowest BCUT2D eigenvalue weighted by molar-refractivity contribution is 0.0982. The first-order valence-electron chi connectivity index (χ1n) is 5.87. The molecule has 5 heteroatoms. The number of carbonyl (C=O) groups is 1. The van der Waals surface area contributed by atoms with E-state index in [4.69, 9.17) is 11.6 Å². The number of Topliss-reactive ketones (excluding diaryl/α,β-unsaturated/α-hetero) is 1. The summed E-state index contributed by atoms with van der Waals surface area (Å²) in [5, 5.41) is 8.37. The van der Waals surface area contributed by atoms with E-state index in [0.29, 0.717) is 23.7 Å². The summed E-state index contributed by atoms with van der Waals surface area (Å²) in [6.45, 7) is 2.75. The summed E-state index contributed by atoms with van der Waals surface area (Å²) in [6, 6.07) is 7.28. The van der Waals surface area contributed by atoms with Gasteiger partial charge in [-0.15, -0.1) is 5.10 Å². The van der Waals surface area contributed by atoms with Gasteiger partial charge >= 0.3 is 0 Å². The fourth-order valence-electron chi connectivity index (χ4n) is 1.73. The predicted octanol–water partition coefficient (Wildman–Crippen LogP) is 2.77. The number of benzene rings is 1. The molecule has 0 atom stereocenters. The average Bonchev–Trinajstić information content (AvgIpc) is 2.81. The molecule has 1 heterocycles. The Balaban J connectivity index is 2.11. The number of carbonyl (C=O) groups excluding carboxylic acids is 1. The summed E-state index contributed by atoms with van der Waals surface area (Å²) in [5.41, 5.74) is 1.50. The van der Waals surface area contributed by atoms with E-state index in [9.17, 15) is 4.79 Å². The zero-order valence-electron chi connectivity index (χ0n) is 10.1. The van der Waals surface area contributed by atoms with Crippen molar-refractivity contribution in [3.05, 3.63) is 46.7 Å². The van der Waals surface area contributed by atoms with Crippen LogP contribution in [0, 0.1) is 0 Å². The molecule has 0 N–H and O–H groups in total. The topological polar surface area (TPSA) is 47.8 Å². The Morgan fingerprint density at radius 1 is 1.33 bits per heavy atom. The van der Waals surface area contributed by atoms with E-state index in [1.165, 1.54) is 6.20 Å². The second kappa shape index (κ2) is 5.78. The van der Waals surface area contributed by atoms with Gasteiger partial charge in [-0.05, 0) is 24.1 Å². The highest BCUT2D eigenvalue weighted by molar-refractivity contribution is 6.30. The molecule has 18 heavy (non-hydrogen) atoms. The van der Waals surface area contributed by atoms with Gasteiger partial charge in [-0.3, -0.25) is 4.79 Å². The van der Waals surface area contributed by atoms with Crippen LogP contribution in [0.3, 0.4) is 0 Å². The molecule has 2 aromatic rings. The maximum absolute atomic E-state index is 12.1. The van der Waals surface area contributed by atoms with E-state index >= 15 is 0 Å². The lowest BCUT2D eigenvalue weighted by Gasteiger charge is -2.04. The summed E-state index contributed by atoms with van der Waals surface area (Å²) in [5.74, 6) is 0.0239. The third-order valence-electron chi connectivity index (χ3n) is 2.62. The van der Waals surface area contributed by atoms with Gasteiger partial charge in [0.1, 0.15) is 5.69 Å². The molecule has 0 radical (unpaired) electrons. The Hall–Kier alpha value is -1.68. The average molecular weight is 264 g/mol. The largest absolute Gasteiger partial charge is 0.292 e. The van der Waals surface area contributed by atoms with Crippen LogP contribution in [0.15, 0.2) is 30.5 Å². The van der Waals surface area contributed by atoms with Crippen LogP contribution in [0.2, 0.25) is 5.02 Å². The van der Waals surface area contributed by atoms with Crippen molar-refractivity contribution in [2.45, 2.75) is 26.3 Å². The lowest BCUT2D eigenvalue weighted by Crippen LogP contribution is -2.12. The first-order chi connectivity index (χ1) is 8.70. The molecule has 0 amide bonds. The molecule has 0 saturated carbocycles. The van der Waals surface area contributed by atoms with Gasteiger partial charge in [-0.1, -0.05) is 35.9 Å². The first-order valence-corrected chi connectivity index (χ1v) is 6.24. The Morgan fingerprint density at radius 3 is 2.72 bits per heavy atom. The molecule has 0 fully saturated rings. The van der Waals surface area contributed by atoms with E-state index in [0.717, 1.165) is 12.0 Å². The number of halogens is 1. The van der Waals surface area contributed by atoms with Gasteiger partial charge in [0, 0.05) is 18.0 Å². The van der Waals surface area contributed by atoms with Gasteiger partial charge in [0.25, 0.3) is 0 Å².